The highest BCUT2D eigenvalue weighted by atomic mass is 32.2. The lowest BCUT2D eigenvalue weighted by Crippen LogP contribution is -1.90. The highest BCUT2D eigenvalue weighted by Crippen LogP contribution is 2.17. The van der Waals surface area contributed by atoms with E-state index in [1.807, 2.05) is 17.7 Å². The van der Waals surface area contributed by atoms with E-state index < -0.39 is 0 Å². The van der Waals surface area contributed by atoms with Crippen molar-refractivity contribution in [1.82, 2.24) is 14.5 Å². The van der Waals surface area contributed by atoms with Crippen molar-refractivity contribution >= 4 is 12.1 Å². The first-order valence-corrected chi connectivity index (χ1v) is 4.77. The molecule has 2 aromatic rings. The average Bonchev–Trinajstić information content (AvgIpc) is 2.65. The Morgan fingerprint density at radius 3 is 2.71 bits per heavy atom. The van der Waals surface area contributed by atoms with Crippen LogP contribution < -0.4 is 0 Å². The molecule has 2 rings (SSSR count). The predicted octanol–water partition coefficient (Wildman–Crippen LogP) is 2.55. The summed E-state index contributed by atoms with van der Waals surface area (Å²) in [4.78, 5) is 8.01. The summed E-state index contributed by atoms with van der Waals surface area (Å²) in [6, 6.07) is 3.44. The number of hydrogen-bond donors (Lipinski definition) is 0. The highest BCUT2D eigenvalue weighted by molar-refractivity contribution is 7.94. The van der Waals surface area contributed by atoms with Gasteiger partial charge in [-0.2, -0.15) is 3.89 Å². The van der Waals surface area contributed by atoms with Gasteiger partial charge in [0.15, 0.2) is 0 Å². The van der Waals surface area contributed by atoms with Gasteiger partial charge in [0.05, 0.1) is 23.9 Å². The molecule has 0 saturated heterocycles. The molecule has 2 heterocycles. The summed E-state index contributed by atoms with van der Waals surface area (Å²) >= 11 is 0.142. The molecule has 0 amide bonds. The fourth-order valence-corrected chi connectivity index (χ4v) is 1.35. The van der Waals surface area contributed by atoms with Crippen LogP contribution in [-0.2, 0) is 0 Å². The second-order valence-corrected chi connectivity index (χ2v) is 3.43. The van der Waals surface area contributed by atoms with Gasteiger partial charge in [0, 0.05) is 6.20 Å². The van der Waals surface area contributed by atoms with E-state index >= 15 is 0 Å². The van der Waals surface area contributed by atoms with Crippen LogP contribution in [0.25, 0.3) is 5.69 Å². The largest absolute Gasteiger partial charge is 0.304 e. The summed E-state index contributed by atoms with van der Waals surface area (Å²) in [5.41, 5.74) is 1.82. The van der Waals surface area contributed by atoms with Crippen molar-refractivity contribution in [2.75, 3.05) is 0 Å². The summed E-state index contributed by atoms with van der Waals surface area (Å²) in [7, 11) is 0. The molecule has 0 N–H and O–H groups in total. The third-order valence-electron chi connectivity index (χ3n) is 1.81. The number of aromatic nitrogens is 3. The van der Waals surface area contributed by atoms with Crippen LogP contribution in [0.4, 0.5) is 3.89 Å². The number of imidazole rings is 1. The Morgan fingerprint density at radius 1 is 1.36 bits per heavy atom. The molecule has 5 heteroatoms. The van der Waals surface area contributed by atoms with Crippen LogP contribution >= 0.6 is 12.1 Å². The van der Waals surface area contributed by atoms with Crippen LogP contribution in [0.1, 0.15) is 5.69 Å². The Kier molecular flexibility index (Phi) is 2.49. The molecule has 3 nitrogen and oxygen atoms in total. The van der Waals surface area contributed by atoms with Gasteiger partial charge >= 0.3 is 0 Å². The van der Waals surface area contributed by atoms with Crippen molar-refractivity contribution in [1.29, 1.82) is 0 Å². The number of pyridine rings is 1. The van der Waals surface area contributed by atoms with Gasteiger partial charge in [-0.25, -0.2) is 9.97 Å². The quantitative estimate of drug-likeness (QED) is 0.761. The van der Waals surface area contributed by atoms with Gasteiger partial charge < -0.3 is 4.57 Å². The topological polar surface area (TPSA) is 30.7 Å². The Morgan fingerprint density at radius 2 is 2.21 bits per heavy atom. The summed E-state index contributed by atoms with van der Waals surface area (Å²) in [6.07, 6.45) is 5.21. The van der Waals surface area contributed by atoms with E-state index in [-0.39, 0.29) is 12.1 Å². The monoisotopic (exact) mass is 209 g/mol. The fraction of sp³-hybridized carbons (Fsp3) is 0.111. The van der Waals surface area contributed by atoms with Crippen LogP contribution in [0.2, 0.25) is 0 Å². The zero-order chi connectivity index (χ0) is 9.97. The second-order valence-electron chi connectivity index (χ2n) is 2.85. The molecule has 0 spiro atoms. The van der Waals surface area contributed by atoms with Crippen molar-refractivity contribution in [2.24, 2.45) is 0 Å². The lowest BCUT2D eigenvalue weighted by Gasteiger charge is -2.00. The highest BCUT2D eigenvalue weighted by Gasteiger charge is 1.99. The fourth-order valence-electron chi connectivity index (χ4n) is 1.13. The van der Waals surface area contributed by atoms with Crippen molar-refractivity contribution in [3.63, 3.8) is 0 Å². The van der Waals surface area contributed by atoms with E-state index in [0.717, 1.165) is 11.4 Å². The van der Waals surface area contributed by atoms with Crippen molar-refractivity contribution in [3.05, 3.63) is 36.5 Å². The molecule has 72 valence electrons. The maximum absolute atomic E-state index is 12.1. The van der Waals surface area contributed by atoms with Gasteiger partial charge in [0.25, 0.3) is 0 Å². The smallest absolute Gasteiger partial charge is 0.129 e. The Labute approximate surface area is 85.3 Å². The van der Waals surface area contributed by atoms with Crippen LogP contribution in [0.15, 0.2) is 35.9 Å². The number of rotatable bonds is 2. The maximum atomic E-state index is 12.1. The predicted molar refractivity (Wildman–Crippen MR) is 53.1 cm³/mol. The van der Waals surface area contributed by atoms with Gasteiger partial charge in [0.1, 0.15) is 17.2 Å². The van der Waals surface area contributed by atoms with Gasteiger partial charge in [0.2, 0.25) is 0 Å². The van der Waals surface area contributed by atoms with Crippen LogP contribution in [0.5, 0.6) is 0 Å². The molecular weight excluding hydrogens is 201 g/mol. The Balaban J connectivity index is 2.33. The lowest BCUT2D eigenvalue weighted by molar-refractivity contribution is 0.915. The molecule has 0 saturated carbocycles. The van der Waals surface area contributed by atoms with Crippen molar-refractivity contribution < 1.29 is 3.89 Å². The molecule has 0 atom stereocenters. The first kappa shape index (κ1) is 9.21. The number of hydrogen-bond acceptors (Lipinski definition) is 3. The van der Waals surface area contributed by atoms with Crippen LogP contribution in [0.3, 0.4) is 0 Å². The normalized spacial score (nSPS) is 10.4. The maximum Gasteiger partial charge on any atom is 0.129 e. The zero-order valence-corrected chi connectivity index (χ0v) is 8.33. The molecule has 0 aliphatic heterocycles. The average molecular weight is 209 g/mol. The summed E-state index contributed by atoms with van der Waals surface area (Å²) in [6.45, 7) is 1.91. The molecular formula is C9H8FN3S. The summed E-state index contributed by atoms with van der Waals surface area (Å²) < 4.78 is 13.9. The molecule has 2 aromatic heterocycles. The number of halogens is 1. The van der Waals surface area contributed by atoms with Gasteiger partial charge in [-0.05, 0) is 19.1 Å². The number of nitrogens with zero attached hydrogens (tertiary/aromatic N) is 3. The molecule has 0 unspecified atom stereocenters. The molecule has 0 bridgehead atoms. The van der Waals surface area contributed by atoms with Crippen LogP contribution in [0, 0.1) is 6.92 Å². The summed E-state index contributed by atoms with van der Waals surface area (Å²) in [5, 5.41) is 0.366. The molecule has 0 aromatic carbocycles. The van der Waals surface area contributed by atoms with Crippen molar-refractivity contribution in [3.8, 4) is 5.69 Å². The zero-order valence-electron chi connectivity index (χ0n) is 7.51. The van der Waals surface area contributed by atoms with Gasteiger partial charge in [-0.15, -0.1) is 0 Å². The van der Waals surface area contributed by atoms with E-state index in [1.54, 1.807) is 24.7 Å². The third-order valence-corrected chi connectivity index (χ3v) is 2.21. The molecule has 0 radical (unpaired) electrons. The minimum Gasteiger partial charge on any atom is -0.304 e. The summed E-state index contributed by atoms with van der Waals surface area (Å²) in [5.74, 6) is 0. The van der Waals surface area contributed by atoms with Gasteiger partial charge in [-0.3, -0.25) is 0 Å². The SMILES string of the molecule is Cc1cn(-c2ccc(SF)nc2)cn1. The second kappa shape index (κ2) is 3.79. The Hall–Kier alpha value is -1.36. The first-order chi connectivity index (χ1) is 6.79. The van der Waals surface area contributed by atoms with E-state index in [9.17, 15) is 3.89 Å². The molecule has 0 aliphatic carbocycles. The van der Waals surface area contributed by atoms with Crippen molar-refractivity contribution in [2.45, 2.75) is 11.9 Å². The third kappa shape index (κ3) is 1.77. The molecule has 0 aliphatic rings. The van der Waals surface area contributed by atoms with E-state index in [2.05, 4.69) is 9.97 Å². The van der Waals surface area contributed by atoms with Gasteiger partial charge in [-0.1, -0.05) is 0 Å². The van der Waals surface area contributed by atoms with E-state index in [0.29, 0.717) is 5.03 Å². The Bertz CT molecular complexity index is 424. The van der Waals surface area contributed by atoms with E-state index in [4.69, 9.17) is 0 Å². The molecule has 14 heavy (non-hydrogen) atoms. The molecule has 0 fully saturated rings. The number of aryl methyl sites for hydroxylation is 1. The lowest BCUT2D eigenvalue weighted by atomic mass is 10.4. The van der Waals surface area contributed by atoms with Crippen LogP contribution in [-0.4, -0.2) is 14.5 Å². The standard InChI is InChI=1S/C9H8FN3S/c1-7-5-13(6-12-7)8-2-3-9(14-10)11-4-8/h2-6H,1H3. The van der Waals surface area contributed by atoms with E-state index in [1.165, 1.54) is 0 Å². The minimum atomic E-state index is 0.142. The minimum absolute atomic E-state index is 0.142. The first-order valence-electron chi connectivity index (χ1n) is 4.05.